The van der Waals surface area contributed by atoms with Gasteiger partial charge in [0.1, 0.15) is 11.5 Å². The molecule has 0 aliphatic heterocycles. The number of rotatable bonds is 5. The molecular formula is C26H22NO5P. The standard InChI is InChI=1S/C26H22NO5P/c1-31-20-9-11-25-23(15-20)24-16-21(32-2)10-12-26(24)27(25)19-7-3-5-17(13-19)18-6-4-8-22(14-18)33(28,29)30/h3-16H,1-2H3,(H2,28,29,30). The van der Waals surface area contributed by atoms with Crippen molar-refractivity contribution < 1.29 is 23.8 Å². The summed E-state index contributed by atoms with van der Waals surface area (Å²) in [5.41, 5.74) is 4.56. The van der Waals surface area contributed by atoms with Crippen LogP contribution in [0.1, 0.15) is 0 Å². The Balaban J connectivity index is 1.74. The Labute approximate surface area is 190 Å². The number of ether oxygens (including phenoxy) is 2. The minimum atomic E-state index is -4.34. The fraction of sp³-hybridized carbons (Fsp3) is 0.0769. The van der Waals surface area contributed by atoms with Gasteiger partial charge in [-0.2, -0.15) is 0 Å². The Morgan fingerprint density at radius 3 is 1.79 bits per heavy atom. The molecule has 2 N–H and O–H groups in total. The summed E-state index contributed by atoms with van der Waals surface area (Å²) in [4.78, 5) is 19.1. The molecule has 0 fully saturated rings. The number of fused-ring (bicyclic) bond motifs is 3. The molecule has 0 unspecified atom stereocenters. The number of aromatic nitrogens is 1. The Morgan fingerprint density at radius 2 is 1.24 bits per heavy atom. The lowest BCUT2D eigenvalue weighted by Crippen LogP contribution is -2.03. The summed E-state index contributed by atoms with van der Waals surface area (Å²) in [6, 6.07) is 26.4. The van der Waals surface area contributed by atoms with Gasteiger partial charge in [0.2, 0.25) is 0 Å². The third kappa shape index (κ3) is 3.79. The molecule has 5 aromatic rings. The van der Waals surface area contributed by atoms with Gasteiger partial charge in [-0.05, 0) is 71.8 Å². The molecule has 0 atom stereocenters. The molecule has 1 heterocycles. The average molecular weight is 459 g/mol. The van der Waals surface area contributed by atoms with Gasteiger partial charge in [0.25, 0.3) is 0 Å². The van der Waals surface area contributed by atoms with Crippen molar-refractivity contribution in [3.05, 3.63) is 84.9 Å². The van der Waals surface area contributed by atoms with Gasteiger partial charge in [-0.3, -0.25) is 4.57 Å². The van der Waals surface area contributed by atoms with Crippen molar-refractivity contribution in [2.75, 3.05) is 14.2 Å². The maximum Gasteiger partial charge on any atom is 0.356 e. The number of hydrogen-bond acceptors (Lipinski definition) is 3. The third-order valence-corrected chi connectivity index (χ3v) is 6.75. The smallest absolute Gasteiger partial charge is 0.356 e. The van der Waals surface area contributed by atoms with Gasteiger partial charge in [0.15, 0.2) is 0 Å². The second-order valence-corrected chi connectivity index (χ2v) is 9.35. The highest BCUT2D eigenvalue weighted by Gasteiger charge is 2.18. The Bertz CT molecular complexity index is 1490. The predicted octanol–water partition coefficient (Wildman–Crippen LogP) is 5.27. The van der Waals surface area contributed by atoms with Crippen molar-refractivity contribution in [3.63, 3.8) is 0 Å². The van der Waals surface area contributed by atoms with E-state index in [1.807, 2.05) is 66.7 Å². The van der Waals surface area contributed by atoms with Crippen molar-refractivity contribution in [1.82, 2.24) is 4.57 Å². The van der Waals surface area contributed by atoms with Gasteiger partial charge in [0.05, 0.1) is 30.6 Å². The van der Waals surface area contributed by atoms with Crippen LogP contribution in [0.3, 0.4) is 0 Å². The Kier molecular flexibility index (Phi) is 5.22. The zero-order valence-corrected chi connectivity index (χ0v) is 19.0. The molecule has 0 aliphatic carbocycles. The molecule has 4 aromatic carbocycles. The molecule has 166 valence electrons. The molecule has 0 amide bonds. The van der Waals surface area contributed by atoms with Crippen LogP contribution in [0.5, 0.6) is 11.5 Å². The normalized spacial score (nSPS) is 11.8. The van der Waals surface area contributed by atoms with Gasteiger partial charge in [-0.25, -0.2) is 0 Å². The quantitative estimate of drug-likeness (QED) is 0.350. The summed E-state index contributed by atoms with van der Waals surface area (Å²) in [5.74, 6) is 1.54. The number of nitrogens with zero attached hydrogens (tertiary/aromatic N) is 1. The first-order valence-electron chi connectivity index (χ1n) is 10.3. The summed E-state index contributed by atoms with van der Waals surface area (Å²) in [7, 11) is -1.04. The number of hydrogen-bond donors (Lipinski definition) is 2. The van der Waals surface area contributed by atoms with E-state index in [1.165, 1.54) is 6.07 Å². The number of benzene rings is 4. The molecule has 7 heteroatoms. The van der Waals surface area contributed by atoms with E-state index in [9.17, 15) is 14.4 Å². The van der Waals surface area contributed by atoms with E-state index < -0.39 is 7.60 Å². The van der Waals surface area contributed by atoms with E-state index in [1.54, 1.807) is 26.4 Å². The SMILES string of the molecule is COc1ccc2c(c1)c1cc(OC)ccc1n2-c1cccc(-c2cccc(P(=O)(O)O)c2)c1. The monoisotopic (exact) mass is 459 g/mol. The molecule has 0 aliphatic rings. The minimum absolute atomic E-state index is 0.00135. The van der Waals surface area contributed by atoms with Crippen LogP contribution in [0.4, 0.5) is 0 Å². The summed E-state index contributed by atoms with van der Waals surface area (Å²) >= 11 is 0. The summed E-state index contributed by atoms with van der Waals surface area (Å²) in [6.45, 7) is 0. The van der Waals surface area contributed by atoms with Crippen LogP contribution in [0.25, 0.3) is 38.6 Å². The van der Waals surface area contributed by atoms with Crippen LogP contribution in [-0.2, 0) is 4.57 Å². The molecule has 0 radical (unpaired) electrons. The molecule has 1 aromatic heterocycles. The van der Waals surface area contributed by atoms with Crippen molar-refractivity contribution in [2.45, 2.75) is 0 Å². The van der Waals surface area contributed by atoms with Crippen LogP contribution in [-0.4, -0.2) is 28.6 Å². The highest BCUT2D eigenvalue weighted by molar-refractivity contribution is 7.60. The molecule has 0 spiro atoms. The Hall–Kier alpha value is -3.57. The van der Waals surface area contributed by atoms with Crippen LogP contribution in [0.15, 0.2) is 84.9 Å². The fourth-order valence-electron chi connectivity index (χ4n) is 4.20. The largest absolute Gasteiger partial charge is 0.497 e. The van der Waals surface area contributed by atoms with E-state index in [-0.39, 0.29) is 5.30 Å². The van der Waals surface area contributed by atoms with E-state index >= 15 is 0 Å². The highest BCUT2D eigenvalue weighted by atomic mass is 31.2. The minimum Gasteiger partial charge on any atom is -0.497 e. The van der Waals surface area contributed by atoms with Gasteiger partial charge >= 0.3 is 7.60 Å². The van der Waals surface area contributed by atoms with Crippen molar-refractivity contribution in [1.29, 1.82) is 0 Å². The van der Waals surface area contributed by atoms with E-state index in [0.717, 1.165) is 50.1 Å². The van der Waals surface area contributed by atoms with E-state index in [4.69, 9.17) is 9.47 Å². The lowest BCUT2D eigenvalue weighted by atomic mass is 10.1. The maximum absolute atomic E-state index is 11.7. The average Bonchev–Trinajstić information content (AvgIpc) is 3.16. The lowest BCUT2D eigenvalue weighted by Gasteiger charge is -2.12. The molecule has 0 bridgehead atoms. The Morgan fingerprint density at radius 1 is 0.697 bits per heavy atom. The topological polar surface area (TPSA) is 80.9 Å². The molecule has 6 nitrogen and oxygen atoms in total. The first kappa shape index (κ1) is 21.3. The van der Waals surface area contributed by atoms with Crippen LogP contribution in [0.2, 0.25) is 0 Å². The fourth-order valence-corrected chi connectivity index (χ4v) is 4.79. The zero-order valence-electron chi connectivity index (χ0n) is 18.1. The van der Waals surface area contributed by atoms with Gasteiger partial charge in [0, 0.05) is 16.5 Å². The summed E-state index contributed by atoms with van der Waals surface area (Å²) in [6.07, 6.45) is 0. The number of methoxy groups -OCH3 is 2. The zero-order chi connectivity index (χ0) is 23.2. The molecule has 5 rings (SSSR count). The molecule has 0 saturated carbocycles. The second kappa shape index (κ2) is 8.09. The van der Waals surface area contributed by atoms with Crippen LogP contribution in [0, 0.1) is 0 Å². The van der Waals surface area contributed by atoms with Crippen molar-refractivity contribution >= 4 is 34.7 Å². The van der Waals surface area contributed by atoms with Gasteiger partial charge in [-0.15, -0.1) is 0 Å². The molecular weight excluding hydrogens is 437 g/mol. The van der Waals surface area contributed by atoms with Crippen molar-refractivity contribution in [3.8, 4) is 28.3 Å². The van der Waals surface area contributed by atoms with Crippen LogP contribution < -0.4 is 14.8 Å². The van der Waals surface area contributed by atoms with Crippen molar-refractivity contribution in [2.24, 2.45) is 0 Å². The first-order chi connectivity index (χ1) is 15.9. The predicted molar refractivity (Wildman–Crippen MR) is 131 cm³/mol. The maximum atomic E-state index is 11.7. The van der Waals surface area contributed by atoms with Gasteiger partial charge < -0.3 is 23.8 Å². The highest BCUT2D eigenvalue weighted by Crippen LogP contribution is 2.38. The molecule has 33 heavy (non-hydrogen) atoms. The third-order valence-electron chi connectivity index (χ3n) is 5.80. The van der Waals surface area contributed by atoms with E-state index in [0.29, 0.717) is 0 Å². The molecule has 0 saturated heterocycles. The first-order valence-corrected chi connectivity index (χ1v) is 11.9. The van der Waals surface area contributed by atoms with Crippen LogP contribution >= 0.6 is 7.60 Å². The lowest BCUT2D eigenvalue weighted by molar-refractivity contribution is 0.387. The second-order valence-electron chi connectivity index (χ2n) is 7.75. The summed E-state index contributed by atoms with van der Waals surface area (Å²) < 4.78 is 24.8. The summed E-state index contributed by atoms with van der Waals surface area (Å²) in [5, 5.41) is 2.08. The van der Waals surface area contributed by atoms with E-state index in [2.05, 4.69) is 4.57 Å². The van der Waals surface area contributed by atoms with Gasteiger partial charge in [-0.1, -0.05) is 24.3 Å².